The van der Waals surface area contributed by atoms with Crippen LogP contribution < -0.4 is 5.32 Å². The van der Waals surface area contributed by atoms with Crippen LogP contribution in [0.2, 0.25) is 0 Å². The zero-order valence-electron chi connectivity index (χ0n) is 8.58. The van der Waals surface area contributed by atoms with Crippen LogP contribution in [0.5, 0.6) is 0 Å². The first-order valence-electron chi connectivity index (χ1n) is 4.75. The fourth-order valence-corrected chi connectivity index (χ4v) is 1.22. The molecule has 0 atom stereocenters. The molecule has 1 N–H and O–H groups in total. The molecule has 0 aliphatic heterocycles. The molecule has 2 nitrogen and oxygen atoms in total. The second-order valence-electron chi connectivity index (χ2n) is 3.14. The number of amides is 1. The summed E-state index contributed by atoms with van der Waals surface area (Å²) in [5.41, 5.74) is 3.20. The Morgan fingerprint density at radius 3 is 2.86 bits per heavy atom. The molecule has 1 aromatic rings. The quantitative estimate of drug-likeness (QED) is 0.725. The van der Waals surface area contributed by atoms with Gasteiger partial charge in [-0.2, -0.15) is 0 Å². The topological polar surface area (TPSA) is 29.1 Å². The van der Waals surface area contributed by atoms with Gasteiger partial charge < -0.3 is 5.32 Å². The average Bonchev–Trinajstić information content (AvgIpc) is 2.19. The Labute approximate surface area is 84.6 Å². The van der Waals surface area contributed by atoms with E-state index in [4.69, 9.17) is 0 Å². The predicted octanol–water partition coefficient (Wildman–Crippen LogP) is 2.99. The molecule has 0 radical (unpaired) electrons. The maximum atomic E-state index is 10.3. The number of anilines is 1. The molecule has 0 unspecified atom stereocenters. The summed E-state index contributed by atoms with van der Waals surface area (Å²) >= 11 is 0. The van der Waals surface area contributed by atoms with E-state index in [2.05, 4.69) is 31.3 Å². The predicted molar refractivity (Wildman–Crippen MR) is 60.2 cm³/mol. The molecule has 1 aromatic carbocycles. The van der Waals surface area contributed by atoms with Crippen LogP contribution in [-0.4, -0.2) is 6.41 Å². The van der Waals surface area contributed by atoms with E-state index in [9.17, 15) is 4.79 Å². The molecule has 0 aliphatic rings. The summed E-state index contributed by atoms with van der Waals surface area (Å²) in [4.78, 5) is 10.3. The Hall–Kier alpha value is -1.57. The first-order chi connectivity index (χ1) is 6.77. The van der Waals surface area contributed by atoms with E-state index in [-0.39, 0.29) is 0 Å². The smallest absolute Gasteiger partial charge is 0.211 e. The van der Waals surface area contributed by atoms with Crippen molar-refractivity contribution in [2.45, 2.75) is 20.3 Å². The van der Waals surface area contributed by atoms with Crippen molar-refractivity contribution in [1.29, 1.82) is 0 Å². The summed E-state index contributed by atoms with van der Waals surface area (Å²) < 4.78 is 0. The van der Waals surface area contributed by atoms with Crippen LogP contribution in [-0.2, 0) is 4.79 Å². The number of nitrogens with one attached hydrogen (secondary N) is 1. The van der Waals surface area contributed by atoms with Gasteiger partial charge in [-0.3, -0.25) is 4.79 Å². The molecule has 0 saturated heterocycles. The lowest BCUT2D eigenvalue weighted by atomic mass is 10.1. The van der Waals surface area contributed by atoms with E-state index in [1.807, 2.05) is 18.2 Å². The molecule has 0 aromatic heterocycles. The monoisotopic (exact) mass is 189 g/mol. The highest BCUT2D eigenvalue weighted by atomic mass is 16.1. The van der Waals surface area contributed by atoms with Crippen molar-refractivity contribution in [2.24, 2.45) is 0 Å². The van der Waals surface area contributed by atoms with Crippen LogP contribution in [0.4, 0.5) is 5.69 Å². The minimum atomic E-state index is 0.692. The maximum Gasteiger partial charge on any atom is 0.211 e. The van der Waals surface area contributed by atoms with Gasteiger partial charge in [0.2, 0.25) is 6.41 Å². The normalized spacial score (nSPS) is 10.4. The fourth-order valence-electron chi connectivity index (χ4n) is 1.22. The first kappa shape index (κ1) is 10.5. The highest BCUT2D eigenvalue weighted by Gasteiger charge is 1.95. The summed E-state index contributed by atoms with van der Waals surface area (Å²) in [6.45, 7) is 4.15. The number of hydrogen-bond donors (Lipinski definition) is 1. The van der Waals surface area contributed by atoms with E-state index in [0.717, 1.165) is 17.7 Å². The first-order valence-corrected chi connectivity index (χ1v) is 4.75. The lowest BCUT2D eigenvalue weighted by molar-refractivity contribution is -0.105. The third-order valence-corrected chi connectivity index (χ3v) is 2.04. The molecule has 14 heavy (non-hydrogen) atoms. The van der Waals surface area contributed by atoms with Gasteiger partial charge in [-0.25, -0.2) is 0 Å². The second kappa shape index (κ2) is 5.22. The molecule has 0 aliphatic carbocycles. The standard InChI is InChI=1S/C12H15NO/c1-3-4-5-11-8-12(13-9-14)7-6-10(11)2/h4-9H,3H2,1-2H3,(H,13,14)/b5-4-. The minimum Gasteiger partial charge on any atom is -0.329 e. The summed E-state index contributed by atoms with van der Waals surface area (Å²) in [5.74, 6) is 0. The van der Waals surface area contributed by atoms with Gasteiger partial charge in [0.15, 0.2) is 0 Å². The minimum absolute atomic E-state index is 0.692. The SMILES string of the molecule is CC/C=C\c1cc(NC=O)ccc1C. The summed E-state index contributed by atoms with van der Waals surface area (Å²) in [7, 11) is 0. The molecule has 0 bridgehead atoms. The van der Waals surface area contributed by atoms with Crippen LogP contribution in [0.25, 0.3) is 6.08 Å². The molecule has 0 fully saturated rings. The third-order valence-electron chi connectivity index (χ3n) is 2.04. The van der Waals surface area contributed by atoms with Crippen LogP contribution in [0, 0.1) is 6.92 Å². The van der Waals surface area contributed by atoms with Crippen molar-refractivity contribution >= 4 is 18.2 Å². The van der Waals surface area contributed by atoms with E-state index >= 15 is 0 Å². The van der Waals surface area contributed by atoms with Crippen molar-refractivity contribution in [3.8, 4) is 0 Å². The van der Waals surface area contributed by atoms with Gasteiger partial charge in [0.25, 0.3) is 0 Å². The maximum absolute atomic E-state index is 10.3. The van der Waals surface area contributed by atoms with Gasteiger partial charge in [-0.1, -0.05) is 25.1 Å². The van der Waals surface area contributed by atoms with Gasteiger partial charge >= 0.3 is 0 Å². The van der Waals surface area contributed by atoms with Gasteiger partial charge in [0, 0.05) is 5.69 Å². The number of carbonyl (C=O) groups is 1. The second-order valence-corrected chi connectivity index (χ2v) is 3.14. The number of carbonyl (C=O) groups excluding carboxylic acids is 1. The molecule has 74 valence electrons. The average molecular weight is 189 g/mol. The Morgan fingerprint density at radius 2 is 2.21 bits per heavy atom. The number of benzene rings is 1. The number of allylic oxidation sites excluding steroid dienone is 1. The summed E-state index contributed by atoms with van der Waals surface area (Å²) in [6.07, 6.45) is 5.89. The lowest BCUT2D eigenvalue weighted by Gasteiger charge is -2.03. The number of hydrogen-bond acceptors (Lipinski definition) is 1. The van der Waals surface area contributed by atoms with E-state index < -0.39 is 0 Å². The van der Waals surface area contributed by atoms with E-state index in [1.54, 1.807) is 0 Å². The highest BCUT2D eigenvalue weighted by Crippen LogP contribution is 2.16. The van der Waals surface area contributed by atoms with Gasteiger partial charge in [0.1, 0.15) is 0 Å². The highest BCUT2D eigenvalue weighted by molar-refractivity contribution is 5.73. The molecule has 0 heterocycles. The van der Waals surface area contributed by atoms with Crippen LogP contribution in [0.3, 0.4) is 0 Å². The van der Waals surface area contributed by atoms with E-state index in [1.165, 1.54) is 5.56 Å². The Kier molecular flexibility index (Phi) is 3.92. The van der Waals surface area contributed by atoms with Crippen LogP contribution >= 0.6 is 0 Å². The molecular weight excluding hydrogens is 174 g/mol. The Bertz CT molecular complexity index is 342. The zero-order valence-corrected chi connectivity index (χ0v) is 8.58. The molecule has 1 amide bonds. The van der Waals surface area contributed by atoms with Crippen molar-refractivity contribution in [3.05, 3.63) is 35.4 Å². The van der Waals surface area contributed by atoms with Crippen molar-refractivity contribution in [1.82, 2.24) is 0 Å². The number of aryl methyl sites for hydroxylation is 1. The summed E-state index contributed by atoms with van der Waals surface area (Å²) in [5, 5.41) is 2.64. The number of rotatable bonds is 4. The molecule has 0 saturated carbocycles. The van der Waals surface area contributed by atoms with Crippen LogP contribution in [0.15, 0.2) is 24.3 Å². The zero-order chi connectivity index (χ0) is 10.4. The van der Waals surface area contributed by atoms with Crippen LogP contribution in [0.1, 0.15) is 24.5 Å². The molecule has 1 rings (SSSR count). The molecular formula is C12H15NO. The van der Waals surface area contributed by atoms with Gasteiger partial charge in [-0.05, 0) is 36.6 Å². The van der Waals surface area contributed by atoms with Crippen molar-refractivity contribution < 1.29 is 4.79 Å². The molecule has 0 spiro atoms. The van der Waals surface area contributed by atoms with Crippen molar-refractivity contribution in [2.75, 3.05) is 5.32 Å². The largest absolute Gasteiger partial charge is 0.329 e. The van der Waals surface area contributed by atoms with E-state index in [0.29, 0.717) is 6.41 Å². The fraction of sp³-hybridized carbons (Fsp3) is 0.250. The third kappa shape index (κ3) is 2.73. The lowest BCUT2D eigenvalue weighted by Crippen LogP contribution is -1.94. The van der Waals surface area contributed by atoms with Gasteiger partial charge in [-0.15, -0.1) is 0 Å². The Balaban J connectivity index is 2.95. The Morgan fingerprint density at radius 1 is 1.43 bits per heavy atom. The van der Waals surface area contributed by atoms with Gasteiger partial charge in [0.05, 0.1) is 0 Å². The summed E-state index contributed by atoms with van der Waals surface area (Å²) in [6, 6.07) is 5.87. The molecule has 2 heteroatoms. The van der Waals surface area contributed by atoms with Crippen molar-refractivity contribution in [3.63, 3.8) is 0 Å².